The number of benzene rings is 2. The van der Waals surface area contributed by atoms with Gasteiger partial charge in [0.25, 0.3) is 5.91 Å². The van der Waals surface area contributed by atoms with Crippen LogP contribution in [0.1, 0.15) is 12.5 Å². The first-order chi connectivity index (χ1) is 13.1. The third kappa shape index (κ3) is 3.76. The van der Waals surface area contributed by atoms with E-state index in [-0.39, 0.29) is 17.8 Å². The van der Waals surface area contributed by atoms with Crippen molar-refractivity contribution >= 4 is 5.91 Å². The Hall–Kier alpha value is -2.60. The summed E-state index contributed by atoms with van der Waals surface area (Å²) in [4.78, 5) is 16.9. The SMILES string of the molecule is CC1Oc2ccccc2OC1C(=O)N1CCN(Cc2ccccc2F)CC1. The molecular formula is C21H23FN2O3. The number of piperazine rings is 1. The fourth-order valence-corrected chi connectivity index (χ4v) is 3.56. The molecule has 2 aliphatic rings. The van der Waals surface area contributed by atoms with Crippen molar-refractivity contribution in [2.24, 2.45) is 0 Å². The summed E-state index contributed by atoms with van der Waals surface area (Å²) in [6, 6.07) is 14.2. The Kier molecular flexibility index (Phi) is 4.99. The molecular weight excluding hydrogens is 347 g/mol. The molecule has 0 saturated carbocycles. The monoisotopic (exact) mass is 370 g/mol. The highest BCUT2D eigenvalue weighted by Gasteiger charge is 2.37. The zero-order valence-corrected chi connectivity index (χ0v) is 15.3. The molecule has 0 aliphatic carbocycles. The molecule has 2 heterocycles. The van der Waals surface area contributed by atoms with E-state index in [0.29, 0.717) is 49.8 Å². The van der Waals surface area contributed by atoms with Crippen LogP contribution in [-0.4, -0.2) is 54.1 Å². The highest BCUT2D eigenvalue weighted by molar-refractivity contribution is 5.82. The molecule has 0 bridgehead atoms. The van der Waals surface area contributed by atoms with Crippen LogP contribution in [0.2, 0.25) is 0 Å². The van der Waals surface area contributed by atoms with Gasteiger partial charge in [0, 0.05) is 38.3 Å². The number of para-hydroxylation sites is 2. The molecule has 27 heavy (non-hydrogen) atoms. The van der Waals surface area contributed by atoms with E-state index in [9.17, 15) is 9.18 Å². The van der Waals surface area contributed by atoms with E-state index < -0.39 is 6.10 Å². The number of hydrogen-bond acceptors (Lipinski definition) is 4. The maximum absolute atomic E-state index is 13.8. The number of hydrogen-bond donors (Lipinski definition) is 0. The molecule has 5 nitrogen and oxygen atoms in total. The van der Waals surface area contributed by atoms with Crippen molar-refractivity contribution in [1.29, 1.82) is 0 Å². The second-order valence-electron chi connectivity index (χ2n) is 7.00. The van der Waals surface area contributed by atoms with Crippen LogP contribution in [0.5, 0.6) is 11.5 Å². The van der Waals surface area contributed by atoms with Crippen molar-refractivity contribution in [3.63, 3.8) is 0 Å². The van der Waals surface area contributed by atoms with E-state index in [1.54, 1.807) is 12.1 Å². The molecule has 1 amide bonds. The zero-order chi connectivity index (χ0) is 18.8. The summed E-state index contributed by atoms with van der Waals surface area (Å²) in [6.45, 7) is 5.02. The number of rotatable bonds is 3. The Morgan fingerprint density at radius 3 is 2.33 bits per heavy atom. The van der Waals surface area contributed by atoms with E-state index >= 15 is 0 Å². The Morgan fingerprint density at radius 1 is 1.00 bits per heavy atom. The van der Waals surface area contributed by atoms with Gasteiger partial charge in [-0.05, 0) is 25.1 Å². The number of carbonyl (C=O) groups excluding carboxylic acids is 1. The maximum Gasteiger partial charge on any atom is 0.267 e. The van der Waals surface area contributed by atoms with E-state index in [1.165, 1.54) is 6.07 Å². The summed E-state index contributed by atoms with van der Waals surface area (Å²) in [5.74, 6) is 1.04. The van der Waals surface area contributed by atoms with Gasteiger partial charge in [-0.1, -0.05) is 30.3 Å². The third-order valence-electron chi connectivity index (χ3n) is 5.12. The standard InChI is InChI=1S/C21H23FN2O3/c1-15-20(27-19-9-5-4-8-18(19)26-15)21(25)24-12-10-23(11-13-24)14-16-6-2-3-7-17(16)22/h2-9,15,20H,10-14H2,1H3. The van der Waals surface area contributed by atoms with Crippen LogP contribution >= 0.6 is 0 Å². The van der Waals surface area contributed by atoms with Crippen LogP contribution in [0.25, 0.3) is 0 Å². The second kappa shape index (κ2) is 7.56. The van der Waals surface area contributed by atoms with Crippen LogP contribution < -0.4 is 9.47 Å². The fourth-order valence-electron chi connectivity index (χ4n) is 3.56. The lowest BCUT2D eigenvalue weighted by atomic mass is 10.1. The molecule has 2 aliphatic heterocycles. The van der Waals surface area contributed by atoms with Gasteiger partial charge in [-0.25, -0.2) is 4.39 Å². The normalized spacial score (nSPS) is 22.5. The van der Waals surface area contributed by atoms with Crippen LogP contribution in [0.4, 0.5) is 4.39 Å². The summed E-state index contributed by atoms with van der Waals surface area (Å²) in [5, 5.41) is 0. The van der Waals surface area contributed by atoms with Gasteiger partial charge in [0.05, 0.1) is 0 Å². The summed E-state index contributed by atoms with van der Waals surface area (Å²) < 4.78 is 25.6. The lowest BCUT2D eigenvalue weighted by molar-refractivity contribution is -0.146. The number of halogens is 1. The summed E-state index contributed by atoms with van der Waals surface area (Å²) in [6.07, 6.45) is -0.984. The molecule has 0 aromatic heterocycles. The van der Waals surface area contributed by atoms with E-state index in [4.69, 9.17) is 9.47 Å². The fraction of sp³-hybridized carbons (Fsp3) is 0.381. The molecule has 2 unspecified atom stereocenters. The smallest absolute Gasteiger partial charge is 0.267 e. The van der Waals surface area contributed by atoms with Gasteiger partial charge in [0.15, 0.2) is 11.5 Å². The first kappa shape index (κ1) is 17.8. The van der Waals surface area contributed by atoms with E-state index in [2.05, 4.69) is 4.90 Å². The van der Waals surface area contributed by atoms with Crippen molar-refractivity contribution in [3.05, 3.63) is 59.9 Å². The summed E-state index contributed by atoms with van der Waals surface area (Å²) in [5.41, 5.74) is 0.687. The molecule has 2 aromatic carbocycles. The largest absolute Gasteiger partial charge is 0.482 e. The molecule has 1 saturated heterocycles. The van der Waals surface area contributed by atoms with Gasteiger partial charge >= 0.3 is 0 Å². The molecule has 142 valence electrons. The second-order valence-corrected chi connectivity index (χ2v) is 7.00. The van der Waals surface area contributed by atoms with Gasteiger partial charge in [-0.2, -0.15) is 0 Å². The molecule has 2 atom stereocenters. The molecule has 1 fully saturated rings. The molecule has 6 heteroatoms. The Labute approximate surface area is 158 Å². The predicted molar refractivity (Wildman–Crippen MR) is 99.2 cm³/mol. The summed E-state index contributed by atoms with van der Waals surface area (Å²) in [7, 11) is 0. The minimum atomic E-state index is -0.641. The first-order valence-corrected chi connectivity index (χ1v) is 9.29. The Morgan fingerprint density at radius 2 is 1.63 bits per heavy atom. The van der Waals surface area contributed by atoms with Crippen LogP contribution in [0.3, 0.4) is 0 Å². The minimum absolute atomic E-state index is 0.0532. The predicted octanol–water partition coefficient (Wildman–Crippen LogP) is 2.70. The highest BCUT2D eigenvalue weighted by atomic mass is 19.1. The average Bonchev–Trinajstić information content (AvgIpc) is 2.69. The maximum atomic E-state index is 13.8. The number of nitrogens with zero attached hydrogens (tertiary/aromatic N) is 2. The Balaban J connectivity index is 1.36. The topological polar surface area (TPSA) is 42.0 Å². The first-order valence-electron chi connectivity index (χ1n) is 9.29. The van der Waals surface area contributed by atoms with Crippen molar-refractivity contribution < 1.29 is 18.7 Å². The van der Waals surface area contributed by atoms with Crippen molar-refractivity contribution in [2.45, 2.75) is 25.7 Å². The highest BCUT2D eigenvalue weighted by Crippen LogP contribution is 2.34. The van der Waals surface area contributed by atoms with E-state index in [0.717, 1.165) is 0 Å². The lowest BCUT2D eigenvalue weighted by Gasteiger charge is -2.38. The minimum Gasteiger partial charge on any atom is -0.482 e. The van der Waals surface area contributed by atoms with Gasteiger partial charge in [-0.15, -0.1) is 0 Å². The summed E-state index contributed by atoms with van der Waals surface area (Å²) >= 11 is 0. The van der Waals surface area contributed by atoms with Gasteiger partial charge in [0.1, 0.15) is 11.9 Å². The van der Waals surface area contributed by atoms with Crippen LogP contribution in [0.15, 0.2) is 48.5 Å². The van der Waals surface area contributed by atoms with Gasteiger partial charge in [-0.3, -0.25) is 9.69 Å². The molecule has 0 N–H and O–H groups in total. The number of ether oxygens (including phenoxy) is 2. The molecule has 4 rings (SSSR count). The van der Waals surface area contributed by atoms with Crippen molar-refractivity contribution in [2.75, 3.05) is 26.2 Å². The average molecular weight is 370 g/mol. The van der Waals surface area contributed by atoms with Crippen molar-refractivity contribution in [1.82, 2.24) is 9.80 Å². The van der Waals surface area contributed by atoms with Crippen molar-refractivity contribution in [3.8, 4) is 11.5 Å². The molecule has 2 aromatic rings. The van der Waals surface area contributed by atoms with Gasteiger partial charge in [0.2, 0.25) is 6.10 Å². The number of carbonyl (C=O) groups is 1. The van der Waals surface area contributed by atoms with Crippen LogP contribution in [-0.2, 0) is 11.3 Å². The molecule has 0 radical (unpaired) electrons. The quantitative estimate of drug-likeness (QED) is 0.833. The van der Waals surface area contributed by atoms with Crippen LogP contribution in [0, 0.1) is 5.82 Å². The van der Waals surface area contributed by atoms with Gasteiger partial charge < -0.3 is 14.4 Å². The third-order valence-corrected chi connectivity index (χ3v) is 5.12. The number of fused-ring (bicyclic) bond motifs is 1. The number of amides is 1. The zero-order valence-electron chi connectivity index (χ0n) is 15.3. The lowest BCUT2D eigenvalue weighted by Crippen LogP contribution is -2.55. The molecule has 0 spiro atoms. The Bertz CT molecular complexity index is 821. The van der Waals surface area contributed by atoms with E-state index in [1.807, 2.05) is 42.2 Å².